The zero-order chi connectivity index (χ0) is 15.3. The predicted octanol–water partition coefficient (Wildman–Crippen LogP) is 2.58. The summed E-state index contributed by atoms with van der Waals surface area (Å²) in [6, 6.07) is 1.84. The van der Waals surface area contributed by atoms with Crippen molar-refractivity contribution in [2.75, 3.05) is 6.54 Å². The van der Waals surface area contributed by atoms with Crippen LogP contribution in [0.15, 0.2) is 6.07 Å². The molecule has 2 amide bonds. The van der Waals surface area contributed by atoms with E-state index in [1.165, 1.54) is 4.90 Å². The molecule has 0 bridgehead atoms. The second-order valence-corrected chi connectivity index (χ2v) is 7.76. The second-order valence-electron chi connectivity index (χ2n) is 6.30. The highest BCUT2D eigenvalue weighted by Crippen LogP contribution is 2.42. The van der Waals surface area contributed by atoms with E-state index in [0.29, 0.717) is 11.5 Å². The first-order valence-electron chi connectivity index (χ1n) is 7.34. The van der Waals surface area contributed by atoms with E-state index < -0.39 is 0 Å². The van der Waals surface area contributed by atoms with Crippen molar-refractivity contribution in [2.24, 2.45) is 17.8 Å². The predicted molar refractivity (Wildman–Crippen MR) is 80.2 cm³/mol. The van der Waals surface area contributed by atoms with Gasteiger partial charge in [-0.15, -0.1) is 11.3 Å². The third-order valence-corrected chi connectivity index (χ3v) is 5.57. The average Bonchev–Trinajstić information content (AvgIpc) is 3.01. The number of fused-ring (bicyclic) bond motifs is 1. The van der Waals surface area contributed by atoms with E-state index in [0.717, 1.165) is 22.6 Å². The van der Waals surface area contributed by atoms with Gasteiger partial charge < -0.3 is 0 Å². The van der Waals surface area contributed by atoms with Crippen molar-refractivity contribution in [1.82, 2.24) is 4.90 Å². The molecule has 5 heteroatoms. The maximum Gasteiger partial charge on any atom is 0.233 e. The molecule has 2 atom stereocenters. The number of rotatable bonds is 3. The van der Waals surface area contributed by atoms with Crippen LogP contribution in [0.4, 0.5) is 0 Å². The molecule has 1 aliphatic carbocycles. The number of carbonyl (C=O) groups is 3. The molecule has 0 radical (unpaired) electrons. The minimum absolute atomic E-state index is 0.101. The van der Waals surface area contributed by atoms with Gasteiger partial charge >= 0.3 is 0 Å². The molecule has 4 nitrogen and oxygen atoms in total. The van der Waals surface area contributed by atoms with E-state index in [1.807, 2.05) is 19.9 Å². The van der Waals surface area contributed by atoms with Crippen LogP contribution < -0.4 is 0 Å². The van der Waals surface area contributed by atoms with Crippen molar-refractivity contribution in [2.45, 2.75) is 33.6 Å². The Morgan fingerprint density at radius 1 is 1.24 bits per heavy atom. The molecule has 2 fully saturated rings. The number of aryl methyl sites for hydroxylation is 2. The van der Waals surface area contributed by atoms with Crippen LogP contribution in [0.3, 0.4) is 0 Å². The molecule has 1 aliphatic heterocycles. The van der Waals surface area contributed by atoms with Gasteiger partial charge in [-0.3, -0.25) is 19.3 Å². The number of hydrogen-bond donors (Lipinski definition) is 0. The number of amides is 2. The Labute approximate surface area is 128 Å². The zero-order valence-corrected chi connectivity index (χ0v) is 13.3. The number of thiophene rings is 1. The van der Waals surface area contributed by atoms with E-state index >= 15 is 0 Å². The van der Waals surface area contributed by atoms with Crippen molar-refractivity contribution < 1.29 is 14.4 Å². The summed E-state index contributed by atoms with van der Waals surface area (Å²) in [5.74, 6) is -0.380. The third-order valence-electron chi connectivity index (χ3n) is 4.61. The number of imide groups is 1. The normalized spacial score (nSPS) is 28.3. The van der Waals surface area contributed by atoms with Gasteiger partial charge in [0, 0.05) is 15.3 Å². The largest absolute Gasteiger partial charge is 0.292 e. The summed E-state index contributed by atoms with van der Waals surface area (Å²) in [6.45, 7) is 5.82. The van der Waals surface area contributed by atoms with Gasteiger partial charge in [0.05, 0.1) is 18.4 Å². The Morgan fingerprint density at radius 3 is 2.29 bits per heavy atom. The van der Waals surface area contributed by atoms with Crippen molar-refractivity contribution in [3.63, 3.8) is 0 Å². The molecule has 0 aromatic carbocycles. The van der Waals surface area contributed by atoms with Gasteiger partial charge in [0.15, 0.2) is 5.78 Å². The highest BCUT2D eigenvalue weighted by atomic mass is 32.1. The standard InChI is InChI=1S/C16H19NO3S/c1-8-4-12-13(5-8)16(20)17(15(12)19)7-14(18)11-6-9(2)21-10(11)3/h6,8,12-13H,4-5,7H2,1-3H3. The van der Waals surface area contributed by atoms with Crippen LogP contribution >= 0.6 is 11.3 Å². The van der Waals surface area contributed by atoms with Crippen molar-refractivity contribution in [3.8, 4) is 0 Å². The molecule has 2 heterocycles. The zero-order valence-electron chi connectivity index (χ0n) is 12.5. The summed E-state index contributed by atoms with van der Waals surface area (Å²) in [4.78, 5) is 40.3. The lowest BCUT2D eigenvalue weighted by Gasteiger charge is -2.15. The van der Waals surface area contributed by atoms with Crippen molar-refractivity contribution in [1.29, 1.82) is 0 Å². The number of nitrogens with zero attached hydrogens (tertiary/aromatic N) is 1. The molecule has 2 unspecified atom stereocenters. The van der Waals surface area contributed by atoms with E-state index in [-0.39, 0.29) is 36.0 Å². The summed E-state index contributed by atoms with van der Waals surface area (Å²) in [7, 11) is 0. The summed E-state index contributed by atoms with van der Waals surface area (Å²) in [5, 5.41) is 0. The van der Waals surface area contributed by atoms with Gasteiger partial charge in [-0.2, -0.15) is 0 Å². The first-order chi connectivity index (χ1) is 9.88. The van der Waals surface area contributed by atoms with Gasteiger partial charge in [-0.05, 0) is 38.7 Å². The maximum absolute atomic E-state index is 12.4. The van der Waals surface area contributed by atoms with Crippen LogP contribution in [-0.2, 0) is 9.59 Å². The van der Waals surface area contributed by atoms with Gasteiger partial charge in [-0.1, -0.05) is 6.92 Å². The first kappa shape index (κ1) is 14.4. The van der Waals surface area contributed by atoms with E-state index in [4.69, 9.17) is 0 Å². The van der Waals surface area contributed by atoms with Crippen LogP contribution in [0.1, 0.15) is 39.9 Å². The van der Waals surface area contributed by atoms with Crippen LogP contribution in [0.25, 0.3) is 0 Å². The van der Waals surface area contributed by atoms with Gasteiger partial charge in [0.25, 0.3) is 0 Å². The smallest absolute Gasteiger partial charge is 0.233 e. The van der Waals surface area contributed by atoms with E-state index in [9.17, 15) is 14.4 Å². The Hall–Kier alpha value is -1.49. The Morgan fingerprint density at radius 2 is 1.81 bits per heavy atom. The summed E-state index contributed by atoms with van der Waals surface area (Å²) in [6.07, 6.45) is 1.55. The fraction of sp³-hybridized carbons (Fsp3) is 0.562. The number of ketones is 1. The highest BCUT2D eigenvalue weighted by Gasteiger charge is 2.52. The Balaban J connectivity index is 1.77. The molecule has 0 N–H and O–H groups in total. The number of carbonyl (C=O) groups excluding carboxylic acids is 3. The SMILES string of the molecule is Cc1cc(C(=O)CN2C(=O)C3CC(C)CC3C2=O)c(C)s1. The first-order valence-corrected chi connectivity index (χ1v) is 8.15. The fourth-order valence-electron chi connectivity index (χ4n) is 3.64. The van der Waals surface area contributed by atoms with Gasteiger partial charge in [0.2, 0.25) is 11.8 Å². The molecule has 1 saturated heterocycles. The maximum atomic E-state index is 12.4. The lowest BCUT2D eigenvalue weighted by molar-refractivity contribution is -0.139. The van der Waals surface area contributed by atoms with Crippen molar-refractivity contribution in [3.05, 3.63) is 21.4 Å². The van der Waals surface area contributed by atoms with Crippen LogP contribution in [0, 0.1) is 31.6 Å². The highest BCUT2D eigenvalue weighted by molar-refractivity contribution is 7.12. The summed E-state index contributed by atoms with van der Waals surface area (Å²) < 4.78 is 0. The molecule has 3 rings (SSSR count). The lowest BCUT2D eigenvalue weighted by Crippen LogP contribution is -2.36. The minimum Gasteiger partial charge on any atom is -0.292 e. The summed E-state index contributed by atoms with van der Waals surface area (Å²) >= 11 is 1.56. The van der Waals surface area contributed by atoms with Gasteiger partial charge in [-0.25, -0.2) is 0 Å². The molecule has 112 valence electrons. The molecule has 1 aromatic rings. The van der Waals surface area contributed by atoms with Crippen molar-refractivity contribution >= 4 is 28.9 Å². The lowest BCUT2D eigenvalue weighted by atomic mass is 10.00. The molecule has 1 saturated carbocycles. The second kappa shape index (κ2) is 5.05. The van der Waals surface area contributed by atoms with Crippen LogP contribution in [-0.4, -0.2) is 29.0 Å². The average molecular weight is 305 g/mol. The number of likely N-dealkylation sites (tertiary alicyclic amines) is 1. The summed E-state index contributed by atoms with van der Waals surface area (Å²) in [5.41, 5.74) is 0.642. The third kappa shape index (κ3) is 2.33. The van der Waals surface area contributed by atoms with Crippen LogP contribution in [0.2, 0.25) is 0 Å². The molecule has 2 aliphatic rings. The van der Waals surface area contributed by atoms with E-state index in [1.54, 1.807) is 11.3 Å². The molecule has 21 heavy (non-hydrogen) atoms. The molecular weight excluding hydrogens is 286 g/mol. The monoisotopic (exact) mass is 305 g/mol. The minimum atomic E-state index is -0.189. The number of Topliss-reactive ketones (excluding diaryl/α,β-unsaturated/α-hetero) is 1. The Bertz CT molecular complexity index is 609. The molecule has 1 aromatic heterocycles. The van der Waals surface area contributed by atoms with Gasteiger partial charge in [0.1, 0.15) is 0 Å². The number of hydrogen-bond acceptors (Lipinski definition) is 4. The van der Waals surface area contributed by atoms with Crippen LogP contribution in [0.5, 0.6) is 0 Å². The van der Waals surface area contributed by atoms with E-state index in [2.05, 4.69) is 6.92 Å². The topological polar surface area (TPSA) is 54.5 Å². The Kier molecular flexibility index (Phi) is 3.48. The fourth-order valence-corrected chi connectivity index (χ4v) is 4.58. The quantitative estimate of drug-likeness (QED) is 0.637. The molecule has 0 spiro atoms. The molecular formula is C16H19NO3S.